The van der Waals surface area contributed by atoms with E-state index in [1.165, 1.54) is 12.1 Å². The number of pyridine rings is 1. The van der Waals surface area contributed by atoms with Gasteiger partial charge in [0.25, 0.3) is 0 Å². The third kappa shape index (κ3) is 4.05. The van der Waals surface area contributed by atoms with E-state index in [0.29, 0.717) is 17.1 Å². The van der Waals surface area contributed by atoms with Crippen LogP contribution < -0.4 is 16.8 Å². The number of carbonyl (C=O) groups is 1. The molecular formula is C20H17FN4O. The number of amides is 1. The van der Waals surface area contributed by atoms with E-state index in [9.17, 15) is 9.18 Å². The molecule has 1 heterocycles. The molecule has 0 unspecified atom stereocenters. The molecule has 1 amide bonds. The van der Waals surface area contributed by atoms with Crippen molar-refractivity contribution in [1.29, 1.82) is 0 Å². The summed E-state index contributed by atoms with van der Waals surface area (Å²) in [5.74, 6) is -0.777. The number of rotatable bonds is 4. The molecule has 0 saturated carbocycles. The van der Waals surface area contributed by atoms with Gasteiger partial charge in [-0.15, -0.1) is 0 Å². The zero-order chi connectivity index (χ0) is 18.5. The van der Waals surface area contributed by atoms with Gasteiger partial charge in [-0.1, -0.05) is 18.2 Å². The van der Waals surface area contributed by atoms with Crippen LogP contribution in [0.3, 0.4) is 0 Å². The van der Waals surface area contributed by atoms with E-state index in [0.717, 1.165) is 11.1 Å². The Morgan fingerprint density at radius 3 is 2.54 bits per heavy atom. The van der Waals surface area contributed by atoms with Gasteiger partial charge in [0.15, 0.2) is 0 Å². The number of aromatic nitrogens is 1. The highest BCUT2D eigenvalue weighted by atomic mass is 19.1. The van der Waals surface area contributed by atoms with Gasteiger partial charge in [-0.2, -0.15) is 0 Å². The number of nitrogen functional groups attached to an aromatic ring is 2. The summed E-state index contributed by atoms with van der Waals surface area (Å²) in [4.78, 5) is 16.2. The predicted octanol–water partition coefficient (Wildman–Crippen LogP) is 3.70. The van der Waals surface area contributed by atoms with E-state index in [1.807, 2.05) is 0 Å². The van der Waals surface area contributed by atoms with Gasteiger partial charge in [0, 0.05) is 12.3 Å². The smallest absolute Gasteiger partial charge is 0.248 e. The molecule has 0 bridgehead atoms. The summed E-state index contributed by atoms with van der Waals surface area (Å²) in [6, 6.07) is 15.1. The van der Waals surface area contributed by atoms with E-state index in [-0.39, 0.29) is 11.6 Å². The van der Waals surface area contributed by atoms with Crippen molar-refractivity contribution in [1.82, 2.24) is 4.98 Å². The van der Waals surface area contributed by atoms with E-state index < -0.39 is 5.82 Å². The Bertz CT molecular complexity index is 985. The lowest BCUT2D eigenvalue weighted by atomic mass is 10.1. The molecule has 0 radical (unpaired) electrons. The van der Waals surface area contributed by atoms with Crippen LogP contribution in [-0.4, -0.2) is 10.9 Å². The van der Waals surface area contributed by atoms with Crippen LogP contribution in [0.15, 0.2) is 66.9 Å². The molecular weight excluding hydrogens is 331 g/mol. The molecule has 0 atom stereocenters. The van der Waals surface area contributed by atoms with Crippen molar-refractivity contribution in [3.63, 3.8) is 0 Å². The average molecular weight is 348 g/mol. The number of anilines is 3. The first-order chi connectivity index (χ1) is 12.5. The zero-order valence-electron chi connectivity index (χ0n) is 13.8. The van der Waals surface area contributed by atoms with E-state index in [4.69, 9.17) is 11.5 Å². The number of nitrogens with two attached hydrogens (primary N) is 2. The average Bonchev–Trinajstić information content (AvgIpc) is 2.64. The van der Waals surface area contributed by atoms with Gasteiger partial charge in [-0.3, -0.25) is 9.78 Å². The largest absolute Gasteiger partial charge is 0.397 e. The zero-order valence-corrected chi connectivity index (χ0v) is 13.8. The summed E-state index contributed by atoms with van der Waals surface area (Å²) in [5.41, 5.74) is 14.7. The number of nitrogens with one attached hydrogen (secondary N) is 1. The van der Waals surface area contributed by atoms with Crippen LogP contribution in [0.25, 0.3) is 17.2 Å². The Kier molecular flexibility index (Phi) is 4.94. The van der Waals surface area contributed by atoms with Gasteiger partial charge in [0.2, 0.25) is 5.91 Å². The lowest BCUT2D eigenvalue weighted by molar-refractivity contribution is -0.111. The number of hydrogen-bond donors (Lipinski definition) is 3. The first kappa shape index (κ1) is 17.2. The third-order valence-electron chi connectivity index (χ3n) is 3.73. The molecule has 0 fully saturated rings. The predicted molar refractivity (Wildman–Crippen MR) is 103 cm³/mol. The summed E-state index contributed by atoms with van der Waals surface area (Å²) in [7, 11) is 0. The highest BCUT2D eigenvalue weighted by Gasteiger charge is 2.04. The van der Waals surface area contributed by atoms with Crippen molar-refractivity contribution >= 4 is 29.0 Å². The fourth-order valence-electron chi connectivity index (χ4n) is 2.39. The quantitative estimate of drug-likeness (QED) is 0.495. The van der Waals surface area contributed by atoms with Crippen molar-refractivity contribution < 1.29 is 9.18 Å². The van der Waals surface area contributed by atoms with Gasteiger partial charge in [-0.25, -0.2) is 4.39 Å². The van der Waals surface area contributed by atoms with Crippen molar-refractivity contribution in [2.24, 2.45) is 0 Å². The first-order valence-corrected chi connectivity index (χ1v) is 7.88. The van der Waals surface area contributed by atoms with Crippen LogP contribution >= 0.6 is 0 Å². The molecule has 0 aliphatic rings. The maximum Gasteiger partial charge on any atom is 0.248 e. The number of para-hydroxylation sites is 2. The SMILES string of the molecule is Nc1cc(-c2ccnc(/C=C/C(=O)Nc3ccccc3N)c2)ccc1F. The monoisotopic (exact) mass is 348 g/mol. The number of halogens is 1. The second-order valence-electron chi connectivity index (χ2n) is 5.62. The molecule has 2 aromatic carbocycles. The Labute approximate surface area is 150 Å². The van der Waals surface area contributed by atoms with Gasteiger partial charge in [-0.05, 0) is 53.6 Å². The number of carbonyl (C=O) groups excluding carboxylic acids is 1. The molecule has 0 aliphatic heterocycles. The highest BCUT2D eigenvalue weighted by Crippen LogP contribution is 2.24. The summed E-state index contributed by atoms with van der Waals surface area (Å²) < 4.78 is 13.3. The fourth-order valence-corrected chi connectivity index (χ4v) is 2.39. The standard InChI is InChI=1S/C20H17FN4O/c21-16-7-5-13(12-18(16)23)14-9-10-24-15(11-14)6-8-20(26)25-19-4-2-1-3-17(19)22/h1-12H,22-23H2,(H,25,26)/b8-6+. The second-order valence-corrected chi connectivity index (χ2v) is 5.62. The topological polar surface area (TPSA) is 94.0 Å². The van der Waals surface area contributed by atoms with Gasteiger partial charge < -0.3 is 16.8 Å². The minimum Gasteiger partial charge on any atom is -0.397 e. The van der Waals surface area contributed by atoms with Crippen LogP contribution in [0.4, 0.5) is 21.5 Å². The number of hydrogen-bond acceptors (Lipinski definition) is 4. The summed E-state index contributed by atoms with van der Waals surface area (Å²) in [6.07, 6.45) is 4.57. The Hall–Kier alpha value is -3.67. The third-order valence-corrected chi connectivity index (χ3v) is 3.73. The first-order valence-electron chi connectivity index (χ1n) is 7.88. The molecule has 1 aromatic heterocycles. The van der Waals surface area contributed by atoms with Gasteiger partial charge >= 0.3 is 0 Å². The number of nitrogens with zero attached hydrogens (tertiary/aromatic N) is 1. The van der Waals surface area contributed by atoms with E-state index in [2.05, 4.69) is 10.3 Å². The van der Waals surface area contributed by atoms with Crippen LogP contribution in [-0.2, 0) is 4.79 Å². The van der Waals surface area contributed by atoms with Crippen LogP contribution in [0.5, 0.6) is 0 Å². The molecule has 5 N–H and O–H groups in total. The molecule has 130 valence electrons. The maximum absolute atomic E-state index is 13.3. The van der Waals surface area contributed by atoms with Crippen molar-refractivity contribution in [2.45, 2.75) is 0 Å². The Morgan fingerprint density at radius 2 is 1.77 bits per heavy atom. The van der Waals surface area contributed by atoms with Crippen LogP contribution in [0, 0.1) is 5.82 Å². The maximum atomic E-state index is 13.3. The lowest BCUT2D eigenvalue weighted by Gasteiger charge is -2.06. The summed E-state index contributed by atoms with van der Waals surface area (Å²) in [5, 5.41) is 2.70. The molecule has 6 heteroatoms. The summed E-state index contributed by atoms with van der Waals surface area (Å²) >= 11 is 0. The Morgan fingerprint density at radius 1 is 1.00 bits per heavy atom. The molecule has 5 nitrogen and oxygen atoms in total. The minimum absolute atomic E-state index is 0.0798. The Balaban J connectivity index is 1.76. The van der Waals surface area contributed by atoms with Gasteiger partial charge in [0.05, 0.1) is 22.8 Å². The van der Waals surface area contributed by atoms with E-state index >= 15 is 0 Å². The van der Waals surface area contributed by atoms with Crippen molar-refractivity contribution in [2.75, 3.05) is 16.8 Å². The summed E-state index contributed by atoms with van der Waals surface area (Å²) in [6.45, 7) is 0. The fraction of sp³-hybridized carbons (Fsp3) is 0. The number of benzene rings is 2. The van der Waals surface area contributed by atoms with Crippen LogP contribution in [0.2, 0.25) is 0 Å². The van der Waals surface area contributed by atoms with Gasteiger partial charge in [0.1, 0.15) is 5.82 Å². The second kappa shape index (κ2) is 7.48. The van der Waals surface area contributed by atoms with Crippen molar-refractivity contribution in [3.05, 3.63) is 78.4 Å². The minimum atomic E-state index is -0.459. The van der Waals surface area contributed by atoms with E-state index in [1.54, 1.807) is 60.8 Å². The molecule has 26 heavy (non-hydrogen) atoms. The molecule has 0 saturated heterocycles. The molecule has 0 aliphatic carbocycles. The molecule has 3 rings (SSSR count). The van der Waals surface area contributed by atoms with Crippen LogP contribution in [0.1, 0.15) is 5.69 Å². The van der Waals surface area contributed by atoms with Crippen molar-refractivity contribution in [3.8, 4) is 11.1 Å². The normalized spacial score (nSPS) is 10.8. The lowest BCUT2D eigenvalue weighted by Crippen LogP contribution is -2.09. The molecule has 3 aromatic rings. The highest BCUT2D eigenvalue weighted by molar-refractivity contribution is 6.03. The molecule has 0 spiro atoms.